The smallest absolute Gasteiger partial charge is 0.0604 e. The molecule has 8 N–H and O–H groups in total. The zero-order chi connectivity index (χ0) is 10.9. The van der Waals surface area contributed by atoms with Crippen LogP contribution in [-0.4, -0.2) is 18.2 Å². The van der Waals surface area contributed by atoms with E-state index >= 15 is 0 Å². The quantitative estimate of drug-likeness (QED) is 0.472. The van der Waals surface area contributed by atoms with E-state index in [1.807, 2.05) is 6.92 Å². The summed E-state index contributed by atoms with van der Waals surface area (Å²) in [5.41, 5.74) is 20.9. The van der Waals surface area contributed by atoms with Crippen LogP contribution >= 0.6 is 0 Å². The van der Waals surface area contributed by atoms with E-state index in [-0.39, 0.29) is 0 Å². The molecule has 4 nitrogen and oxygen atoms in total. The van der Waals surface area contributed by atoms with Crippen LogP contribution in [0.15, 0.2) is 0 Å². The normalized spacial score (nSPS) is 13.2. The second kappa shape index (κ2) is 8.44. The molecule has 0 aromatic rings. The number of rotatable bonds is 4. The number of hydrogen-bond donors (Lipinski definition) is 4. The fourth-order valence-electron chi connectivity index (χ4n) is 0.418. The molecule has 0 saturated carbocycles. The van der Waals surface area contributed by atoms with Crippen LogP contribution in [0.2, 0.25) is 0 Å². The first-order valence-corrected chi connectivity index (χ1v) is 4.90. The highest BCUT2D eigenvalue weighted by molar-refractivity contribution is 4.64. The van der Waals surface area contributed by atoms with Gasteiger partial charge in [-0.1, -0.05) is 13.8 Å². The van der Waals surface area contributed by atoms with Crippen LogP contribution in [0.4, 0.5) is 0 Å². The summed E-state index contributed by atoms with van der Waals surface area (Å²) >= 11 is 0. The molecule has 0 saturated heterocycles. The Balaban J connectivity index is 0. The van der Waals surface area contributed by atoms with E-state index in [4.69, 9.17) is 22.9 Å². The first-order chi connectivity index (χ1) is 5.87. The van der Waals surface area contributed by atoms with Gasteiger partial charge in [-0.25, -0.2) is 0 Å². The molecule has 0 rings (SSSR count). The van der Waals surface area contributed by atoms with Gasteiger partial charge < -0.3 is 22.9 Å². The summed E-state index contributed by atoms with van der Waals surface area (Å²) in [7, 11) is 0. The first kappa shape index (κ1) is 15.3. The third-order valence-corrected chi connectivity index (χ3v) is 1.82. The number of nitrogens with two attached hydrogens (primary N) is 4. The molecule has 4 heteroatoms. The zero-order valence-electron chi connectivity index (χ0n) is 9.22. The Labute approximate surface area is 82.0 Å². The van der Waals surface area contributed by atoms with Crippen LogP contribution in [0, 0.1) is 0 Å². The minimum absolute atomic E-state index is 0.324. The van der Waals surface area contributed by atoms with E-state index < -0.39 is 5.66 Å². The van der Waals surface area contributed by atoms with Crippen LogP contribution in [0.5, 0.6) is 0 Å². The molecular formula is C9H26N4. The van der Waals surface area contributed by atoms with E-state index in [1.54, 1.807) is 6.92 Å². The Morgan fingerprint density at radius 2 is 1.62 bits per heavy atom. The molecule has 0 aromatic heterocycles. The van der Waals surface area contributed by atoms with Crippen molar-refractivity contribution in [1.29, 1.82) is 0 Å². The van der Waals surface area contributed by atoms with Crippen LogP contribution in [0.25, 0.3) is 0 Å². The topological polar surface area (TPSA) is 104 Å². The van der Waals surface area contributed by atoms with Crippen LogP contribution < -0.4 is 22.9 Å². The maximum atomic E-state index is 5.50. The third-order valence-electron chi connectivity index (χ3n) is 1.82. The fourth-order valence-corrected chi connectivity index (χ4v) is 0.418. The summed E-state index contributed by atoms with van der Waals surface area (Å²) in [6, 6.07) is 0.324. The molecule has 13 heavy (non-hydrogen) atoms. The van der Waals surface area contributed by atoms with Gasteiger partial charge >= 0.3 is 0 Å². The van der Waals surface area contributed by atoms with Crippen molar-refractivity contribution in [3.05, 3.63) is 0 Å². The van der Waals surface area contributed by atoms with Crippen molar-refractivity contribution in [2.75, 3.05) is 6.54 Å². The van der Waals surface area contributed by atoms with Gasteiger partial charge in [0, 0.05) is 6.04 Å². The molecule has 0 aromatic carbocycles. The molecule has 0 bridgehead atoms. The maximum absolute atomic E-state index is 5.50. The van der Waals surface area contributed by atoms with Crippen LogP contribution in [0.3, 0.4) is 0 Å². The Morgan fingerprint density at radius 3 is 1.69 bits per heavy atom. The summed E-state index contributed by atoms with van der Waals surface area (Å²) in [5, 5.41) is 0. The van der Waals surface area contributed by atoms with Crippen molar-refractivity contribution in [3.63, 3.8) is 0 Å². The molecule has 0 amide bonds. The lowest BCUT2D eigenvalue weighted by Crippen LogP contribution is -2.44. The van der Waals surface area contributed by atoms with Crippen molar-refractivity contribution < 1.29 is 0 Å². The Bertz CT molecular complexity index is 98.3. The monoisotopic (exact) mass is 190 g/mol. The second-order valence-electron chi connectivity index (χ2n) is 3.61. The molecule has 0 spiro atoms. The van der Waals surface area contributed by atoms with Gasteiger partial charge in [0.25, 0.3) is 0 Å². The average Bonchev–Trinajstić information content (AvgIpc) is 2.05. The standard InChI is InChI=1S/C5H14N2.C4H12N2/c1-2-5(7)3-4-6;1-3-4(2,5)6/h5H,2-4,6-7H2,1H3;3,5-6H2,1-2H3. The molecule has 1 atom stereocenters. The highest BCUT2D eigenvalue weighted by Crippen LogP contribution is 1.90. The van der Waals surface area contributed by atoms with E-state index in [2.05, 4.69) is 6.92 Å². The van der Waals surface area contributed by atoms with Crippen molar-refractivity contribution in [2.45, 2.75) is 51.7 Å². The highest BCUT2D eigenvalue weighted by atomic mass is 14.9. The van der Waals surface area contributed by atoms with Gasteiger partial charge in [-0.05, 0) is 32.7 Å². The van der Waals surface area contributed by atoms with E-state index in [0.717, 1.165) is 25.8 Å². The molecule has 0 radical (unpaired) electrons. The van der Waals surface area contributed by atoms with Gasteiger partial charge in [0.1, 0.15) is 0 Å². The van der Waals surface area contributed by atoms with Crippen molar-refractivity contribution >= 4 is 0 Å². The molecule has 0 heterocycles. The van der Waals surface area contributed by atoms with E-state index in [1.165, 1.54) is 0 Å². The van der Waals surface area contributed by atoms with Crippen LogP contribution in [0.1, 0.15) is 40.0 Å². The summed E-state index contributed by atoms with van der Waals surface area (Å²) in [6.07, 6.45) is 2.82. The molecule has 0 aliphatic rings. The van der Waals surface area contributed by atoms with Gasteiger partial charge in [-0.2, -0.15) is 0 Å². The Hall–Kier alpha value is -0.160. The second-order valence-corrected chi connectivity index (χ2v) is 3.61. The van der Waals surface area contributed by atoms with Gasteiger partial charge in [0.15, 0.2) is 0 Å². The van der Waals surface area contributed by atoms with Gasteiger partial charge in [0.05, 0.1) is 5.66 Å². The highest BCUT2D eigenvalue weighted by Gasteiger charge is 2.03. The van der Waals surface area contributed by atoms with E-state index in [9.17, 15) is 0 Å². The molecule has 0 aliphatic carbocycles. The lowest BCUT2D eigenvalue weighted by atomic mass is 10.2. The average molecular weight is 190 g/mol. The van der Waals surface area contributed by atoms with Crippen molar-refractivity contribution in [1.82, 2.24) is 0 Å². The minimum Gasteiger partial charge on any atom is -0.330 e. The molecular weight excluding hydrogens is 164 g/mol. The van der Waals surface area contributed by atoms with Gasteiger partial charge in [-0.3, -0.25) is 0 Å². The van der Waals surface area contributed by atoms with Crippen molar-refractivity contribution in [3.8, 4) is 0 Å². The molecule has 0 aliphatic heterocycles. The Kier molecular flexibility index (Phi) is 9.94. The summed E-state index contributed by atoms with van der Waals surface area (Å²) in [6.45, 7) is 6.54. The molecule has 82 valence electrons. The number of hydrogen-bond acceptors (Lipinski definition) is 4. The zero-order valence-corrected chi connectivity index (χ0v) is 9.22. The van der Waals surface area contributed by atoms with Crippen molar-refractivity contribution in [2.24, 2.45) is 22.9 Å². The summed E-state index contributed by atoms with van der Waals surface area (Å²) in [5.74, 6) is 0. The van der Waals surface area contributed by atoms with Gasteiger partial charge in [-0.15, -0.1) is 0 Å². The molecule has 1 unspecified atom stereocenters. The predicted molar refractivity (Wildman–Crippen MR) is 59.0 cm³/mol. The van der Waals surface area contributed by atoms with E-state index in [0.29, 0.717) is 6.04 Å². The fraction of sp³-hybridized carbons (Fsp3) is 1.00. The Morgan fingerprint density at radius 1 is 1.23 bits per heavy atom. The lowest BCUT2D eigenvalue weighted by Gasteiger charge is -2.13. The summed E-state index contributed by atoms with van der Waals surface area (Å²) in [4.78, 5) is 0. The third kappa shape index (κ3) is 18.7. The minimum atomic E-state index is -0.458. The maximum Gasteiger partial charge on any atom is 0.0604 e. The SMILES string of the molecule is CCC(C)(N)N.CCC(N)CCN. The molecule has 0 fully saturated rings. The first-order valence-electron chi connectivity index (χ1n) is 4.90. The lowest BCUT2D eigenvalue weighted by molar-refractivity contribution is 0.473. The predicted octanol–water partition coefficient (Wildman–Crippen LogP) is 0.103. The summed E-state index contributed by atoms with van der Waals surface area (Å²) < 4.78 is 0. The largest absolute Gasteiger partial charge is 0.330 e. The van der Waals surface area contributed by atoms with Crippen LogP contribution in [-0.2, 0) is 0 Å². The van der Waals surface area contributed by atoms with Gasteiger partial charge in [0.2, 0.25) is 0 Å².